The molecule has 2 heterocycles. The second-order valence-corrected chi connectivity index (χ2v) is 5.12. The number of aromatic nitrogens is 1. The van der Waals surface area contributed by atoms with Gasteiger partial charge in [-0.25, -0.2) is 4.98 Å². The number of carbonyl (C=O) groups is 1. The number of pyridine rings is 1. The summed E-state index contributed by atoms with van der Waals surface area (Å²) in [6.45, 7) is 1.76. The largest absolute Gasteiger partial charge is 0.475 e. The van der Waals surface area contributed by atoms with Gasteiger partial charge in [-0.1, -0.05) is 11.6 Å². The molecule has 0 unspecified atom stereocenters. The van der Waals surface area contributed by atoms with Crippen molar-refractivity contribution in [2.24, 2.45) is 0 Å². The molecular formula is C13H15ClF3N3O3. The Morgan fingerprint density at radius 2 is 2.35 bits per heavy atom. The summed E-state index contributed by atoms with van der Waals surface area (Å²) >= 11 is 5.70. The summed E-state index contributed by atoms with van der Waals surface area (Å²) in [4.78, 5) is 15.3. The smallest absolute Gasteiger partial charge is 0.417 e. The lowest BCUT2D eigenvalue weighted by molar-refractivity contribution is -0.138. The lowest BCUT2D eigenvalue weighted by atomic mass is 10.3. The fraction of sp³-hybridized carbons (Fsp3) is 0.538. The highest BCUT2D eigenvalue weighted by Gasteiger charge is 2.31. The number of rotatable bonds is 5. The molecule has 1 atom stereocenters. The lowest BCUT2D eigenvalue weighted by Crippen LogP contribution is -2.48. The van der Waals surface area contributed by atoms with E-state index in [1.165, 1.54) is 0 Å². The first-order chi connectivity index (χ1) is 10.9. The van der Waals surface area contributed by atoms with E-state index in [9.17, 15) is 18.0 Å². The van der Waals surface area contributed by atoms with E-state index in [2.05, 4.69) is 15.6 Å². The Morgan fingerprint density at radius 3 is 2.96 bits per heavy atom. The predicted molar refractivity (Wildman–Crippen MR) is 75.4 cm³/mol. The average molecular weight is 354 g/mol. The van der Waals surface area contributed by atoms with E-state index in [1.807, 2.05) is 0 Å². The zero-order chi connectivity index (χ0) is 16.9. The van der Waals surface area contributed by atoms with E-state index >= 15 is 0 Å². The lowest BCUT2D eigenvalue weighted by Gasteiger charge is -2.22. The number of nitrogens with zero attached hydrogens (tertiary/aromatic N) is 1. The molecule has 0 radical (unpaired) electrons. The molecule has 1 amide bonds. The van der Waals surface area contributed by atoms with Gasteiger partial charge in [0.25, 0.3) is 5.91 Å². The van der Waals surface area contributed by atoms with Crippen molar-refractivity contribution in [3.05, 3.63) is 22.8 Å². The van der Waals surface area contributed by atoms with E-state index in [4.69, 9.17) is 21.1 Å². The second-order valence-electron chi connectivity index (χ2n) is 4.71. The summed E-state index contributed by atoms with van der Waals surface area (Å²) < 4.78 is 47.8. The summed E-state index contributed by atoms with van der Waals surface area (Å²) in [6, 6.07) is 0.740. The van der Waals surface area contributed by atoms with Crippen LogP contribution in [0.15, 0.2) is 12.3 Å². The van der Waals surface area contributed by atoms with Gasteiger partial charge >= 0.3 is 6.18 Å². The van der Waals surface area contributed by atoms with Crippen molar-refractivity contribution >= 4 is 17.5 Å². The Morgan fingerprint density at radius 1 is 1.57 bits per heavy atom. The van der Waals surface area contributed by atoms with Crippen molar-refractivity contribution in [3.63, 3.8) is 0 Å². The average Bonchev–Trinajstić information content (AvgIpc) is 2.52. The van der Waals surface area contributed by atoms with E-state index in [0.29, 0.717) is 25.9 Å². The highest BCUT2D eigenvalue weighted by molar-refractivity contribution is 6.31. The standard InChI is InChI=1S/C13H15ClF3N3O3/c14-9-5-8(13(15,16)17)6-20-12(9)23-4-2-19-11(21)10-7-18-1-3-22-10/h5-6,10,18H,1-4,7H2,(H,19,21)/t10-/m1/s1. The van der Waals surface area contributed by atoms with E-state index < -0.39 is 17.8 Å². The molecule has 128 valence electrons. The number of alkyl halides is 3. The number of morpholine rings is 1. The minimum Gasteiger partial charge on any atom is -0.475 e. The Bertz CT molecular complexity index is 551. The van der Waals surface area contributed by atoms with Gasteiger partial charge in [0.1, 0.15) is 17.7 Å². The number of halogens is 4. The van der Waals surface area contributed by atoms with Crippen molar-refractivity contribution in [1.29, 1.82) is 0 Å². The predicted octanol–water partition coefficient (Wildman–Crippen LogP) is 1.24. The number of hydrogen-bond acceptors (Lipinski definition) is 5. The molecule has 6 nitrogen and oxygen atoms in total. The minimum absolute atomic E-state index is 0.0178. The summed E-state index contributed by atoms with van der Waals surface area (Å²) in [7, 11) is 0. The fourth-order valence-electron chi connectivity index (χ4n) is 1.86. The Hall–Kier alpha value is -1.58. The normalized spacial score (nSPS) is 18.5. The van der Waals surface area contributed by atoms with E-state index in [1.54, 1.807) is 0 Å². The molecule has 10 heteroatoms. The van der Waals surface area contributed by atoms with Crippen molar-refractivity contribution in [2.45, 2.75) is 12.3 Å². The minimum atomic E-state index is -4.52. The SMILES string of the molecule is O=C(NCCOc1ncc(C(F)(F)F)cc1Cl)[C@H]1CNCCO1. The number of ether oxygens (including phenoxy) is 2. The quantitative estimate of drug-likeness (QED) is 0.779. The fourth-order valence-corrected chi connectivity index (χ4v) is 2.08. The van der Waals surface area contributed by atoms with Crippen molar-refractivity contribution in [3.8, 4) is 5.88 Å². The van der Waals surface area contributed by atoms with Gasteiger partial charge in [-0.15, -0.1) is 0 Å². The van der Waals surface area contributed by atoms with Gasteiger partial charge in [-0.2, -0.15) is 13.2 Å². The molecule has 1 aromatic heterocycles. The third-order valence-corrected chi connectivity index (χ3v) is 3.27. The van der Waals surface area contributed by atoms with Crippen LogP contribution in [-0.2, 0) is 15.7 Å². The van der Waals surface area contributed by atoms with Crippen LogP contribution in [0.4, 0.5) is 13.2 Å². The monoisotopic (exact) mass is 353 g/mol. The van der Waals surface area contributed by atoms with Crippen LogP contribution in [-0.4, -0.2) is 49.8 Å². The maximum absolute atomic E-state index is 12.5. The highest BCUT2D eigenvalue weighted by atomic mass is 35.5. The van der Waals surface area contributed by atoms with Crippen LogP contribution in [0.5, 0.6) is 5.88 Å². The van der Waals surface area contributed by atoms with Crippen LogP contribution >= 0.6 is 11.6 Å². The molecule has 0 saturated carbocycles. The molecule has 0 aliphatic carbocycles. The highest BCUT2D eigenvalue weighted by Crippen LogP contribution is 2.32. The third-order valence-electron chi connectivity index (χ3n) is 2.99. The molecule has 1 aliphatic rings. The maximum atomic E-state index is 12.5. The molecule has 1 fully saturated rings. The zero-order valence-electron chi connectivity index (χ0n) is 12.0. The molecule has 0 aromatic carbocycles. The van der Waals surface area contributed by atoms with Crippen LogP contribution < -0.4 is 15.4 Å². The number of hydrogen-bond donors (Lipinski definition) is 2. The van der Waals surface area contributed by atoms with Gasteiger partial charge in [0.2, 0.25) is 5.88 Å². The second kappa shape index (κ2) is 7.80. The molecule has 0 spiro atoms. The third kappa shape index (κ3) is 5.22. The molecular weight excluding hydrogens is 339 g/mol. The molecule has 2 rings (SSSR count). The van der Waals surface area contributed by atoms with Crippen molar-refractivity contribution in [1.82, 2.24) is 15.6 Å². The van der Waals surface area contributed by atoms with Crippen LogP contribution in [0, 0.1) is 0 Å². The number of nitrogens with one attached hydrogen (secondary N) is 2. The Labute approximate surface area is 135 Å². The van der Waals surface area contributed by atoms with Gasteiger partial charge in [0.05, 0.1) is 18.7 Å². The number of carbonyl (C=O) groups excluding carboxylic acids is 1. The van der Waals surface area contributed by atoms with E-state index in [-0.39, 0.29) is 30.0 Å². The first-order valence-electron chi connectivity index (χ1n) is 6.83. The topological polar surface area (TPSA) is 72.5 Å². The van der Waals surface area contributed by atoms with Gasteiger partial charge in [0.15, 0.2) is 0 Å². The summed E-state index contributed by atoms with van der Waals surface area (Å²) in [6.07, 6.45) is -4.44. The Kier molecular flexibility index (Phi) is 6.03. The van der Waals surface area contributed by atoms with Gasteiger partial charge in [0, 0.05) is 19.3 Å². The van der Waals surface area contributed by atoms with Crippen LogP contribution in [0.2, 0.25) is 5.02 Å². The van der Waals surface area contributed by atoms with Gasteiger partial charge in [-0.3, -0.25) is 4.79 Å². The van der Waals surface area contributed by atoms with Crippen LogP contribution in [0.25, 0.3) is 0 Å². The molecule has 23 heavy (non-hydrogen) atoms. The van der Waals surface area contributed by atoms with Crippen molar-refractivity contribution in [2.75, 3.05) is 32.8 Å². The van der Waals surface area contributed by atoms with Crippen LogP contribution in [0.3, 0.4) is 0 Å². The molecule has 2 N–H and O–H groups in total. The van der Waals surface area contributed by atoms with Gasteiger partial charge in [-0.05, 0) is 6.07 Å². The summed E-state index contributed by atoms with van der Waals surface area (Å²) in [5.41, 5.74) is -0.954. The van der Waals surface area contributed by atoms with Crippen molar-refractivity contribution < 1.29 is 27.4 Å². The van der Waals surface area contributed by atoms with Crippen LogP contribution in [0.1, 0.15) is 5.56 Å². The van der Waals surface area contributed by atoms with Gasteiger partial charge < -0.3 is 20.1 Å². The maximum Gasteiger partial charge on any atom is 0.417 e. The first-order valence-corrected chi connectivity index (χ1v) is 7.21. The molecule has 1 aliphatic heterocycles. The number of amides is 1. The summed E-state index contributed by atoms with van der Waals surface area (Å²) in [5, 5.41) is 5.37. The first kappa shape index (κ1) is 17.8. The zero-order valence-corrected chi connectivity index (χ0v) is 12.7. The summed E-state index contributed by atoms with van der Waals surface area (Å²) in [5.74, 6) is -0.406. The molecule has 1 aromatic rings. The molecule has 0 bridgehead atoms. The Balaban J connectivity index is 1.77. The van der Waals surface area contributed by atoms with E-state index in [0.717, 1.165) is 6.07 Å². The molecule has 1 saturated heterocycles.